The van der Waals surface area contributed by atoms with Gasteiger partial charge in [-0.25, -0.2) is 0 Å². The van der Waals surface area contributed by atoms with Crippen LogP contribution < -0.4 is 5.73 Å². The van der Waals surface area contributed by atoms with Crippen LogP contribution in [0.4, 0.5) is 13.2 Å². The first-order valence-electron chi connectivity index (χ1n) is 4.93. The van der Waals surface area contributed by atoms with Crippen molar-refractivity contribution >= 4 is 11.8 Å². The van der Waals surface area contributed by atoms with Gasteiger partial charge in [-0.1, -0.05) is 12.1 Å². The lowest BCUT2D eigenvalue weighted by atomic mass is 10.1. The average Bonchev–Trinajstić information content (AvgIpc) is 2.16. The molecule has 0 aromatic heterocycles. The number of rotatable bonds is 4. The molecule has 0 aliphatic rings. The molecule has 0 amide bonds. The summed E-state index contributed by atoms with van der Waals surface area (Å²) in [5.74, 6) is 0.0475. The maximum Gasteiger partial charge on any atom is 0.389 e. The van der Waals surface area contributed by atoms with Gasteiger partial charge in [0, 0.05) is 16.7 Å². The highest BCUT2D eigenvalue weighted by Crippen LogP contribution is 2.27. The predicted molar refractivity (Wildman–Crippen MR) is 60.4 cm³/mol. The number of benzene rings is 1. The van der Waals surface area contributed by atoms with Gasteiger partial charge in [-0.2, -0.15) is 13.2 Å². The zero-order chi connectivity index (χ0) is 12.2. The third-order valence-corrected chi connectivity index (χ3v) is 3.03. The molecule has 90 valence electrons. The minimum absolute atomic E-state index is 0.0475. The van der Waals surface area contributed by atoms with Crippen LogP contribution >= 0.6 is 11.8 Å². The van der Waals surface area contributed by atoms with E-state index in [2.05, 4.69) is 0 Å². The highest BCUT2D eigenvalue weighted by molar-refractivity contribution is 7.99. The summed E-state index contributed by atoms with van der Waals surface area (Å²) in [7, 11) is 0. The van der Waals surface area contributed by atoms with E-state index >= 15 is 0 Å². The molecule has 0 bridgehead atoms. The van der Waals surface area contributed by atoms with E-state index in [1.165, 1.54) is 11.8 Å². The summed E-state index contributed by atoms with van der Waals surface area (Å²) in [4.78, 5) is 0.832. The summed E-state index contributed by atoms with van der Waals surface area (Å²) in [6.45, 7) is 1.85. The molecule has 0 radical (unpaired) electrons. The lowest BCUT2D eigenvalue weighted by Crippen LogP contribution is -2.08. The Morgan fingerprint density at radius 1 is 1.38 bits per heavy atom. The molecule has 1 aromatic rings. The van der Waals surface area contributed by atoms with Crippen LogP contribution in [-0.2, 0) is 0 Å². The second-order valence-corrected chi connectivity index (χ2v) is 4.74. The van der Waals surface area contributed by atoms with Crippen molar-refractivity contribution in [2.24, 2.45) is 5.73 Å². The van der Waals surface area contributed by atoms with E-state index in [0.717, 1.165) is 10.5 Å². The summed E-state index contributed by atoms with van der Waals surface area (Å²) in [5.41, 5.74) is 6.63. The molecule has 2 N–H and O–H groups in total. The normalized spacial score (nSPS) is 13.8. The third-order valence-electron chi connectivity index (χ3n) is 2.04. The summed E-state index contributed by atoms with van der Waals surface area (Å²) in [6.07, 6.45) is -4.84. The van der Waals surface area contributed by atoms with Crippen molar-refractivity contribution in [2.45, 2.75) is 30.5 Å². The van der Waals surface area contributed by atoms with Crippen molar-refractivity contribution in [3.05, 3.63) is 29.8 Å². The molecular weight excluding hydrogens is 235 g/mol. The molecule has 1 aromatic carbocycles. The Balaban J connectivity index is 2.51. The standard InChI is InChI=1S/C11H14F3NS/c1-8(15)9-3-2-4-10(7-9)16-6-5-11(12,13)14/h2-4,7-8H,5-6,15H2,1H3. The van der Waals surface area contributed by atoms with E-state index in [1.807, 2.05) is 25.1 Å². The second-order valence-electron chi connectivity index (χ2n) is 3.57. The van der Waals surface area contributed by atoms with Crippen LogP contribution in [0.15, 0.2) is 29.2 Å². The first-order valence-corrected chi connectivity index (χ1v) is 5.92. The molecular formula is C11H14F3NS. The molecule has 0 saturated carbocycles. The zero-order valence-corrected chi connectivity index (χ0v) is 9.74. The quantitative estimate of drug-likeness (QED) is 0.822. The fourth-order valence-corrected chi connectivity index (χ4v) is 2.14. The number of halogens is 3. The van der Waals surface area contributed by atoms with Crippen molar-refractivity contribution in [3.63, 3.8) is 0 Å². The molecule has 1 unspecified atom stereocenters. The van der Waals surface area contributed by atoms with E-state index in [0.29, 0.717) is 0 Å². The number of nitrogens with two attached hydrogens (primary N) is 1. The summed E-state index contributed by atoms with van der Waals surface area (Å²) in [5, 5.41) is 0. The second kappa shape index (κ2) is 5.59. The Kier molecular flexibility index (Phi) is 4.68. The van der Waals surface area contributed by atoms with Crippen LogP contribution in [0.3, 0.4) is 0 Å². The minimum Gasteiger partial charge on any atom is -0.324 e. The van der Waals surface area contributed by atoms with E-state index < -0.39 is 12.6 Å². The fraction of sp³-hybridized carbons (Fsp3) is 0.455. The smallest absolute Gasteiger partial charge is 0.324 e. The third kappa shape index (κ3) is 4.90. The predicted octanol–water partition coefficient (Wildman–Crippen LogP) is 3.75. The molecule has 1 rings (SSSR count). The van der Waals surface area contributed by atoms with Crippen LogP contribution in [0.1, 0.15) is 24.9 Å². The van der Waals surface area contributed by atoms with Gasteiger partial charge in [0.2, 0.25) is 0 Å². The summed E-state index contributed by atoms with van der Waals surface area (Å²) in [6, 6.07) is 7.23. The molecule has 0 aliphatic heterocycles. The Bertz CT molecular complexity index is 336. The van der Waals surface area contributed by atoms with Gasteiger partial charge in [-0.15, -0.1) is 11.8 Å². The summed E-state index contributed by atoms with van der Waals surface area (Å²) >= 11 is 1.20. The van der Waals surface area contributed by atoms with Crippen LogP contribution in [0, 0.1) is 0 Å². The molecule has 0 aliphatic carbocycles. The molecule has 0 heterocycles. The van der Waals surface area contributed by atoms with E-state index in [4.69, 9.17) is 5.73 Å². The number of hydrogen-bond acceptors (Lipinski definition) is 2. The van der Waals surface area contributed by atoms with Crippen molar-refractivity contribution < 1.29 is 13.2 Å². The Hall–Kier alpha value is -0.680. The molecule has 0 fully saturated rings. The maximum absolute atomic E-state index is 11.9. The van der Waals surface area contributed by atoms with Crippen LogP contribution in [0.5, 0.6) is 0 Å². The largest absolute Gasteiger partial charge is 0.389 e. The molecule has 1 nitrogen and oxygen atoms in total. The van der Waals surface area contributed by atoms with Gasteiger partial charge < -0.3 is 5.73 Å². The van der Waals surface area contributed by atoms with Crippen LogP contribution in [0.25, 0.3) is 0 Å². The van der Waals surface area contributed by atoms with Gasteiger partial charge in [0.15, 0.2) is 0 Å². The monoisotopic (exact) mass is 249 g/mol. The molecule has 0 spiro atoms. The van der Waals surface area contributed by atoms with Gasteiger partial charge in [0.25, 0.3) is 0 Å². The number of alkyl halides is 3. The number of hydrogen-bond donors (Lipinski definition) is 1. The van der Waals surface area contributed by atoms with E-state index in [-0.39, 0.29) is 11.8 Å². The van der Waals surface area contributed by atoms with Gasteiger partial charge in [0.05, 0.1) is 6.42 Å². The lowest BCUT2D eigenvalue weighted by molar-refractivity contribution is -0.129. The molecule has 16 heavy (non-hydrogen) atoms. The first-order chi connectivity index (χ1) is 7.38. The SMILES string of the molecule is CC(N)c1cccc(SCCC(F)(F)F)c1. The van der Waals surface area contributed by atoms with Gasteiger partial charge in [0.1, 0.15) is 0 Å². The lowest BCUT2D eigenvalue weighted by Gasteiger charge is -2.09. The van der Waals surface area contributed by atoms with Crippen LogP contribution in [-0.4, -0.2) is 11.9 Å². The van der Waals surface area contributed by atoms with Crippen molar-refractivity contribution in [3.8, 4) is 0 Å². The van der Waals surface area contributed by atoms with Crippen molar-refractivity contribution in [1.29, 1.82) is 0 Å². The van der Waals surface area contributed by atoms with Gasteiger partial charge in [-0.3, -0.25) is 0 Å². The Morgan fingerprint density at radius 2 is 2.06 bits per heavy atom. The highest BCUT2D eigenvalue weighted by Gasteiger charge is 2.26. The van der Waals surface area contributed by atoms with Gasteiger partial charge >= 0.3 is 6.18 Å². The minimum atomic E-state index is -4.08. The number of thioether (sulfide) groups is 1. The zero-order valence-electron chi connectivity index (χ0n) is 8.92. The Labute approximate surface area is 97.2 Å². The van der Waals surface area contributed by atoms with Crippen LogP contribution in [0.2, 0.25) is 0 Å². The average molecular weight is 249 g/mol. The Morgan fingerprint density at radius 3 is 2.62 bits per heavy atom. The van der Waals surface area contributed by atoms with Crippen molar-refractivity contribution in [2.75, 3.05) is 5.75 Å². The molecule has 0 saturated heterocycles. The van der Waals surface area contributed by atoms with Gasteiger partial charge in [-0.05, 0) is 24.6 Å². The molecule has 1 atom stereocenters. The summed E-state index contributed by atoms with van der Waals surface area (Å²) < 4.78 is 35.8. The van der Waals surface area contributed by atoms with E-state index in [1.54, 1.807) is 6.07 Å². The maximum atomic E-state index is 11.9. The fourth-order valence-electron chi connectivity index (χ4n) is 1.17. The highest BCUT2D eigenvalue weighted by atomic mass is 32.2. The molecule has 5 heteroatoms. The van der Waals surface area contributed by atoms with Crippen molar-refractivity contribution in [1.82, 2.24) is 0 Å². The van der Waals surface area contributed by atoms with E-state index in [9.17, 15) is 13.2 Å². The first kappa shape index (κ1) is 13.4. The topological polar surface area (TPSA) is 26.0 Å².